The largest absolute Gasteiger partial charge is 0.416 e. The summed E-state index contributed by atoms with van der Waals surface area (Å²) in [6.45, 7) is 1.89. The Balaban J connectivity index is 2.53. The highest BCUT2D eigenvalue weighted by molar-refractivity contribution is 5.38. The second-order valence-electron chi connectivity index (χ2n) is 5.05. The molecule has 0 bridgehead atoms. The molecule has 21 heavy (non-hydrogen) atoms. The number of alkyl halides is 3. The van der Waals surface area contributed by atoms with Gasteiger partial charge in [-0.25, -0.2) is 0 Å². The number of halogens is 3. The molecule has 0 fully saturated rings. The van der Waals surface area contributed by atoms with E-state index < -0.39 is 17.3 Å². The van der Waals surface area contributed by atoms with Crippen molar-refractivity contribution in [2.75, 3.05) is 0 Å². The summed E-state index contributed by atoms with van der Waals surface area (Å²) < 4.78 is 38.6. The van der Waals surface area contributed by atoms with Gasteiger partial charge in [0.15, 0.2) is 0 Å². The van der Waals surface area contributed by atoms with Crippen LogP contribution < -0.4 is 0 Å². The summed E-state index contributed by atoms with van der Waals surface area (Å²) >= 11 is 0. The number of benzene rings is 2. The topological polar surface area (TPSA) is 20.2 Å². The Kier molecular flexibility index (Phi) is 4.37. The normalized spacial score (nSPS) is 14.7. The van der Waals surface area contributed by atoms with Crippen LogP contribution in [-0.4, -0.2) is 5.11 Å². The predicted octanol–water partition coefficient (Wildman–Crippen LogP) is 4.74. The van der Waals surface area contributed by atoms with Gasteiger partial charge in [-0.15, -0.1) is 0 Å². The van der Waals surface area contributed by atoms with Gasteiger partial charge in [-0.2, -0.15) is 13.2 Å². The van der Waals surface area contributed by atoms with Crippen molar-refractivity contribution in [3.05, 3.63) is 71.3 Å². The third kappa shape index (κ3) is 3.27. The zero-order valence-corrected chi connectivity index (χ0v) is 11.7. The zero-order chi connectivity index (χ0) is 15.5. The summed E-state index contributed by atoms with van der Waals surface area (Å²) in [4.78, 5) is 0. The van der Waals surface area contributed by atoms with Crippen LogP contribution >= 0.6 is 0 Å². The molecule has 0 spiro atoms. The van der Waals surface area contributed by atoms with Crippen molar-refractivity contribution in [2.24, 2.45) is 0 Å². The lowest BCUT2D eigenvalue weighted by molar-refractivity contribution is -0.137. The molecule has 1 unspecified atom stereocenters. The maximum atomic E-state index is 12.9. The molecule has 0 saturated carbocycles. The van der Waals surface area contributed by atoms with Crippen molar-refractivity contribution in [1.82, 2.24) is 0 Å². The minimum absolute atomic E-state index is 0.269. The zero-order valence-electron chi connectivity index (χ0n) is 11.7. The predicted molar refractivity (Wildman–Crippen MR) is 75.8 cm³/mol. The molecule has 1 nitrogen and oxygen atoms in total. The fraction of sp³-hybridized carbons (Fsp3) is 0.294. The van der Waals surface area contributed by atoms with E-state index in [1.54, 1.807) is 24.3 Å². The lowest BCUT2D eigenvalue weighted by Crippen LogP contribution is -2.27. The molecular weight excluding hydrogens is 277 g/mol. The molecule has 2 rings (SSSR count). The highest BCUT2D eigenvalue weighted by Crippen LogP contribution is 2.37. The van der Waals surface area contributed by atoms with Gasteiger partial charge in [0.1, 0.15) is 5.60 Å². The average Bonchev–Trinajstić information content (AvgIpc) is 2.47. The lowest BCUT2D eigenvalue weighted by atomic mass is 9.82. The SMILES string of the molecule is CCCC(O)(c1ccccc1)c1cccc(C(F)(F)F)c1. The molecule has 1 atom stereocenters. The molecule has 0 aromatic heterocycles. The van der Waals surface area contributed by atoms with E-state index in [0.29, 0.717) is 18.4 Å². The van der Waals surface area contributed by atoms with E-state index in [1.165, 1.54) is 12.1 Å². The van der Waals surface area contributed by atoms with Crippen molar-refractivity contribution in [3.8, 4) is 0 Å². The van der Waals surface area contributed by atoms with Gasteiger partial charge in [0.05, 0.1) is 5.56 Å². The maximum absolute atomic E-state index is 12.9. The van der Waals surface area contributed by atoms with Crippen LogP contribution in [0.5, 0.6) is 0 Å². The van der Waals surface area contributed by atoms with Crippen LogP contribution in [0.25, 0.3) is 0 Å². The van der Waals surface area contributed by atoms with E-state index in [-0.39, 0.29) is 5.56 Å². The van der Waals surface area contributed by atoms with Crippen molar-refractivity contribution in [3.63, 3.8) is 0 Å². The number of hydrogen-bond acceptors (Lipinski definition) is 1. The van der Waals surface area contributed by atoms with Gasteiger partial charge in [0, 0.05) is 0 Å². The molecule has 0 heterocycles. The molecule has 1 N–H and O–H groups in total. The minimum atomic E-state index is -4.42. The van der Waals surface area contributed by atoms with Crippen molar-refractivity contribution >= 4 is 0 Å². The van der Waals surface area contributed by atoms with Gasteiger partial charge in [-0.05, 0) is 29.7 Å². The summed E-state index contributed by atoms with van der Waals surface area (Å²) in [7, 11) is 0. The Morgan fingerprint density at radius 1 is 0.857 bits per heavy atom. The summed E-state index contributed by atoms with van der Waals surface area (Å²) in [6, 6.07) is 13.7. The van der Waals surface area contributed by atoms with Crippen LogP contribution in [-0.2, 0) is 11.8 Å². The van der Waals surface area contributed by atoms with Crippen LogP contribution in [0.4, 0.5) is 13.2 Å². The highest BCUT2D eigenvalue weighted by atomic mass is 19.4. The molecular formula is C17H17F3O. The Labute approximate surface area is 122 Å². The highest BCUT2D eigenvalue weighted by Gasteiger charge is 2.35. The van der Waals surface area contributed by atoms with Crippen molar-refractivity contribution in [2.45, 2.75) is 31.5 Å². The van der Waals surface area contributed by atoms with Crippen LogP contribution in [0, 0.1) is 0 Å². The quantitative estimate of drug-likeness (QED) is 0.863. The molecule has 0 aliphatic carbocycles. The molecule has 0 aliphatic heterocycles. The van der Waals surface area contributed by atoms with Crippen LogP contribution in [0.1, 0.15) is 36.5 Å². The molecule has 0 amide bonds. The van der Waals surface area contributed by atoms with Gasteiger partial charge in [-0.3, -0.25) is 0 Å². The Bertz CT molecular complexity index is 592. The first-order valence-electron chi connectivity index (χ1n) is 6.83. The van der Waals surface area contributed by atoms with Crippen molar-refractivity contribution < 1.29 is 18.3 Å². The van der Waals surface area contributed by atoms with Gasteiger partial charge < -0.3 is 5.11 Å². The van der Waals surface area contributed by atoms with E-state index in [0.717, 1.165) is 12.1 Å². The third-order valence-electron chi connectivity index (χ3n) is 3.53. The van der Waals surface area contributed by atoms with Crippen molar-refractivity contribution in [1.29, 1.82) is 0 Å². The molecule has 0 radical (unpaired) electrons. The molecule has 0 aliphatic rings. The Hall–Kier alpha value is -1.81. The summed E-state index contributed by atoms with van der Waals surface area (Å²) in [5, 5.41) is 11.0. The third-order valence-corrected chi connectivity index (χ3v) is 3.53. The molecule has 4 heteroatoms. The van der Waals surface area contributed by atoms with Crippen LogP contribution in [0.2, 0.25) is 0 Å². The minimum Gasteiger partial charge on any atom is -0.380 e. The summed E-state index contributed by atoms with van der Waals surface area (Å²) in [6.07, 6.45) is -3.40. The van der Waals surface area contributed by atoms with E-state index >= 15 is 0 Å². The fourth-order valence-corrected chi connectivity index (χ4v) is 2.48. The summed E-state index contributed by atoms with van der Waals surface area (Å²) in [5.41, 5.74) is -1.28. The second-order valence-corrected chi connectivity index (χ2v) is 5.05. The number of aliphatic hydroxyl groups is 1. The van der Waals surface area contributed by atoms with Gasteiger partial charge in [-0.1, -0.05) is 55.8 Å². The van der Waals surface area contributed by atoms with Crippen LogP contribution in [0.15, 0.2) is 54.6 Å². The molecule has 112 valence electrons. The van der Waals surface area contributed by atoms with E-state index in [4.69, 9.17) is 0 Å². The number of hydrogen-bond donors (Lipinski definition) is 1. The first-order valence-corrected chi connectivity index (χ1v) is 6.83. The Morgan fingerprint density at radius 2 is 1.43 bits per heavy atom. The molecule has 2 aromatic carbocycles. The van der Waals surface area contributed by atoms with E-state index in [2.05, 4.69) is 0 Å². The van der Waals surface area contributed by atoms with Gasteiger partial charge in [0.2, 0.25) is 0 Å². The van der Waals surface area contributed by atoms with Gasteiger partial charge >= 0.3 is 6.18 Å². The average molecular weight is 294 g/mol. The number of rotatable bonds is 4. The first-order chi connectivity index (χ1) is 9.88. The fourth-order valence-electron chi connectivity index (χ4n) is 2.48. The standard InChI is InChI=1S/C17H17F3O/c1-2-11-16(21,13-7-4-3-5-8-13)14-9-6-10-15(12-14)17(18,19)20/h3-10,12,21H,2,11H2,1H3. The molecule has 0 saturated heterocycles. The second kappa shape index (κ2) is 5.90. The lowest BCUT2D eigenvalue weighted by Gasteiger charge is -2.29. The van der Waals surface area contributed by atoms with E-state index in [1.807, 2.05) is 13.0 Å². The Morgan fingerprint density at radius 3 is 2.00 bits per heavy atom. The monoisotopic (exact) mass is 294 g/mol. The first kappa shape index (κ1) is 15.6. The smallest absolute Gasteiger partial charge is 0.380 e. The summed E-state index contributed by atoms with van der Waals surface area (Å²) in [5.74, 6) is 0. The van der Waals surface area contributed by atoms with Crippen LogP contribution in [0.3, 0.4) is 0 Å². The van der Waals surface area contributed by atoms with E-state index in [9.17, 15) is 18.3 Å². The molecule has 2 aromatic rings. The van der Waals surface area contributed by atoms with Gasteiger partial charge in [0.25, 0.3) is 0 Å². The maximum Gasteiger partial charge on any atom is 0.416 e.